The molecule has 1 aromatic heterocycles. The quantitative estimate of drug-likeness (QED) is 0.883. The lowest BCUT2D eigenvalue weighted by Crippen LogP contribution is -2.27. The van der Waals surface area contributed by atoms with Crippen LogP contribution in [-0.2, 0) is 11.2 Å². The largest absolute Gasteiger partial charge is 0.390 e. The van der Waals surface area contributed by atoms with E-state index in [2.05, 4.69) is 17.5 Å². The van der Waals surface area contributed by atoms with E-state index in [1.165, 1.54) is 15.6 Å². The third kappa shape index (κ3) is 2.86. The van der Waals surface area contributed by atoms with Crippen molar-refractivity contribution >= 4 is 21.4 Å². The fourth-order valence-corrected chi connectivity index (χ4v) is 2.93. The van der Waals surface area contributed by atoms with Gasteiger partial charge in [-0.05, 0) is 36.2 Å². The van der Waals surface area contributed by atoms with Crippen molar-refractivity contribution in [3.8, 4) is 0 Å². The Morgan fingerprint density at radius 1 is 1.35 bits per heavy atom. The zero-order chi connectivity index (χ0) is 12.3. The summed E-state index contributed by atoms with van der Waals surface area (Å²) >= 11 is 1.73. The summed E-state index contributed by atoms with van der Waals surface area (Å²) in [5.41, 5.74) is 1.21. The molecule has 2 aromatic rings. The maximum Gasteiger partial charge on any atom is 0.0839 e. The second-order valence-corrected chi connectivity index (χ2v) is 5.10. The van der Waals surface area contributed by atoms with E-state index in [0.717, 1.165) is 0 Å². The van der Waals surface area contributed by atoms with E-state index in [0.29, 0.717) is 13.0 Å². The van der Waals surface area contributed by atoms with Crippen LogP contribution in [0.25, 0.3) is 10.1 Å². The summed E-state index contributed by atoms with van der Waals surface area (Å²) in [4.78, 5) is 0. The van der Waals surface area contributed by atoms with Crippen molar-refractivity contribution in [2.45, 2.75) is 32.5 Å². The fourth-order valence-electron chi connectivity index (χ4n) is 1.96. The van der Waals surface area contributed by atoms with Crippen LogP contribution in [-0.4, -0.2) is 23.9 Å². The smallest absolute Gasteiger partial charge is 0.0839 e. The number of thiophene rings is 1. The molecular formula is C14H18O2S. The van der Waals surface area contributed by atoms with E-state index in [1.807, 2.05) is 26.0 Å². The summed E-state index contributed by atoms with van der Waals surface area (Å²) in [6.45, 7) is 4.51. The highest BCUT2D eigenvalue weighted by molar-refractivity contribution is 7.17. The van der Waals surface area contributed by atoms with Crippen LogP contribution in [0, 0.1) is 0 Å². The summed E-state index contributed by atoms with van der Waals surface area (Å²) in [6.07, 6.45) is 0.108. The van der Waals surface area contributed by atoms with Crippen molar-refractivity contribution in [2.24, 2.45) is 0 Å². The van der Waals surface area contributed by atoms with E-state index in [4.69, 9.17) is 4.74 Å². The maximum atomic E-state index is 10.1. The van der Waals surface area contributed by atoms with E-state index < -0.39 is 6.10 Å². The lowest BCUT2D eigenvalue weighted by atomic mass is 10.0. The molecule has 0 fully saturated rings. The first kappa shape index (κ1) is 12.6. The zero-order valence-corrected chi connectivity index (χ0v) is 11.0. The number of rotatable bonds is 5. The number of fused-ring (bicyclic) bond motifs is 1. The highest BCUT2D eigenvalue weighted by Crippen LogP contribution is 2.27. The first-order valence-electron chi connectivity index (χ1n) is 5.97. The van der Waals surface area contributed by atoms with Crippen LogP contribution in [0.1, 0.15) is 19.4 Å². The minimum absolute atomic E-state index is 0.112. The number of benzene rings is 1. The molecule has 1 heterocycles. The highest BCUT2D eigenvalue weighted by Gasteiger charge is 2.16. The Hall–Kier alpha value is -0.900. The third-order valence-electron chi connectivity index (χ3n) is 2.96. The van der Waals surface area contributed by atoms with Gasteiger partial charge in [-0.3, -0.25) is 0 Å². The van der Waals surface area contributed by atoms with Crippen molar-refractivity contribution in [3.63, 3.8) is 0 Å². The van der Waals surface area contributed by atoms with Crippen molar-refractivity contribution in [2.75, 3.05) is 6.61 Å². The third-order valence-corrected chi connectivity index (χ3v) is 3.97. The number of aliphatic hydroxyl groups excluding tert-OH is 1. The summed E-state index contributed by atoms with van der Waals surface area (Å²) in [5, 5.41) is 13.4. The number of ether oxygens (including phenoxy) is 1. The topological polar surface area (TPSA) is 29.5 Å². The van der Waals surface area contributed by atoms with Crippen LogP contribution in [0.5, 0.6) is 0 Å². The molecular weight excluding hydrogens is 232 g/mol. The number of aliphatic hydroxyl groups is 1. The Morgan fingerprint density at radius 3 is 2.88 bits per heavy atom. The molecule has 0 bridgehead atoms. The molecule has 0 aliphatic rings. The summed E-state index contributed by atoms with van der Waals surface area (Å²) < 4.78 is 6.69. The molecule has 0 aliphatic carbocycles. The van der Waals surface area contributed by atoms with Gasteiger partial charge in [0.2, 0.25) is 0 Å². The fraction of sp³-hybridized carbons (Fsp3) is 0.429. The molecule has 2 unspecified atom stereocenters. The minimum Gasteiger partial charge on any atom is -0.390 e. The van der Waals surface area contributed by atoms with Gasteiger partial charge in [0.15, 0.2) is 0 Å². The SMILES string of the molecule is CCOC(C)C(O)Cc1csc2ccccc12. The van der Waals surface area contributed by atoms with Crippen molar-refractivity contribution in [3.05, 3.63) is 35.2 Å². The number of hydrogen-bond donors (Lipinski definition) is 1. The molecule has 0 spiro atoms. The normalized spacial score (nSPS) is 15.0. The lowest BCUT2D eigenvalue weighted by molar-refractivity contribution is -0.0206. The van der Waals surface area contributed by atoms with E-state index >= 15 is 0 Å². The van der Waals surface area contributed by atoms with Crippen molar-refractivity contribution in [1.29, 1.82) is 0 Å². The van der Waals surface area contributed by atoms with E-state index in [1.54, 1.807) is 11.3 Å². The Morgan fingerprint density at radius 2 is 2.12 bits per heavy atom. The molecule has 0 radical (unpaired) electrons. The average Bonchev–Trinajstić information content (AvgIpc) is 2.73. The molecule has 92 valence electrons. The lowest BCUT2D eigenvalue weighted by Gasteiger charge is -2.18. The van der Waals surface area contributed by atoms with Gasteiger partial charge < -0.3 is 9.84 Å². The molecule has 0 saturated carbocycles. The van der Waals surface area contributed by atoms with Gasteiger partial charge in [0.25, 0.3) is 0 Å². The minimum atomic E-state index is -0.437. The summed E-state index contributed by atoms with van der Waals surface area (Å²) in [6, 6.07) is 8.31. The van der Waals surface area contributed by atoms with Gasteiger partial charge in [-0.15, -0.1) is 11.3 Å². The molecule has 1 aromatic carbocycles. The van der Waals surface area contributed by atoms with Gasteiger partial charge in [0.1, 0.15) is 0 Å². The van der Waals surface area contributed by atoms with Crippen LogP contribution in [0.15, 0.2) is 29.6 Å². The molecule has 3 heteroatoms. The molecule has 0 aliphatic heterocycles. The highest BCUT2D eigenvalue weighted by atomic mass is 32.1. The molecule has 2 rings (SSSR count). The van der Waals surface area contributed by atoms with Gasteiger partial charge in [0.05, 0.1) is 12.2 Å². The van der Waals surface area contributed by atoms with Gasteiger partial charge >= 0.3 is 0 Å². The van der Waals surface area contributed by atoms with Gasteiger partial charge in [-0.1, -0.05) is 18.2 Å². The monoisotopic (exact) mass is 250 g/mol. The van der Waals surface area contributed by atoms with Crippen LogP contribution >= 0.6 is 11.3 Å². The van der Waals surface area contributed by atoms with Crippen LogP contribution in [0.2, 0.25) is 0 Å². The second kappa shape index (κ2) is 5.63. The van der Waals surface area contributed by atoms with Crippen molar-refractivity contribution < 1.29 is 9.84 Å². The van der Waals surface area contributed by atoms with Crippen LogP contribution < -0.4 is 0 Å². The second-order valence-electron chi connectivity index (χ2n) is 4.19. The average molecular weight is 250 g/mol. The molecule has 0 saturated heterocycles. The van der Waals surface area contributed by atoms with Gasteiger partial charge in [-0.25, -0.2) is 0 Å². The first-order chi connectivity index (χ1) is 8.22. The maximum absolute atomic E-state index is 10.1. The Bertz CT molecular complexity index is 478. The number of hydrogen-bond acceptors (Lipinski definition) is 3. The summed E-state index contributed by atoms with van der Waals surface area (Å²) in [7, 11) is 0. The Balaban J connectivity index is 2.13. The molecule has 0 amide bonds. The zero-order valence-electron chi connectivity index (χ0n) is 10.2. The van der Waals surface area contributed by atoms with E-state index in [-0.39, 0.29) is 6.10 Å². The molecule has 17 heavy (non-hydrogen) atoms. The molecule has 1 N–H and O–H groups in total. The molecule has 2 atom stereocenters. The Labute approximate surface area is 106 Å². The summed E-state index contributed by atoms with van der Waals surface area (Å²) in [5.74, 6) is 0. The standard InChI is InChI=1S/C14H18O2S/c1-3-16-10(2)13(15)8-11-9-17-14-7-5-4-6-12(11)14/h4-7,9-10,13,15H,3,8H2,1-2H3. The van der Waals surface area contributed by atoms with E-state index in [9.17, 15) is 5.11 Å². The van der Waals surface area contributed by atoms with Gasteiger partial charge in [0, 0.05) is 17.7 Å². The van der Waals surface area contributed by atoms with Crippen molar-refractivity contribution in [1.82, 2.24) is 0 Å². The van der Waals surface area contributed by atoms with Gasteiger partial charge in [-0.2, -0.15) is 0 Å². The predicted molar refractivity (Wildman–Crippen MR) is 72.6 cm³/mol. The first-order valence-corrected chi connectivity index (χ1v) is 6.85. The molecule has 2 nitrogen and oxygen atoms in total. The predicted octanol–water partition coefficient (Wildman–Crippen LogP) is 3.23. The van der Waals surface area contributed by atoms with Crippen LogP contribution in [0.4, 0.5) is 0 Å². The Kier molecular flexibility index (Phi) is 4.15. The van der Waals surface area contributed by atoms with Crippen LogP contribution in [0.3, 0.4) is 0 Å².